The van der Waals surface area contributed by atoms with Gasteiger partial charge in [-0.3, -0.25) is 4.79 Å². The van der Waals surface area contributed by atoms with Crippen LogP contribution in [0.25, 0.3) is 0 Å². The van der Waals surface area contributed by atoms with Crippen LogP contribution in [0, 0.1) is 0 Å². The lowest BCUT2D eigenvalue weighted by Crippen LogP contribution is -2.13. The van der Waals surface area contributed by atoms with E-state index in [0.717, 1.165) is 6.20 Å². The Morgan fingerprint density at radius 2 is 2.00 bits per heavy atom. The number of ketones is 1. The van der Waals surface area contributed by atoms with Gasteiger partial charge in [-0.2, -0.15) is 13.2 Å². The second kappa shape index (κ2) is 3.24. The molecular formula is C5H6F3NO. The van der Waals surface area contributed by atoms with Crippen LogP contribution in [0.5, 0.6) is 0 Å². The maximum absolute atomic E-state index is 11.3. The standard InChI is InChI=1S/C5H6F3NO/c6-5(7,8)3-4(10)1-2-9/h1-2H,3,9H2. The molecule has 2 nitrogen and oxygen atoms in total. The minimum atomic E-state index is -4.43. The highest BCUT2D eigenvalue weighted by Crippen LogP contribution is 2.19. The molecule has 58 valence electrons. The van der Waals surface area contributed by atoms with Gasteiger partial charge in [0.2, 0.25) is 0 Å². The zero-order chi connectivity index (χ0) is 8.20. The van der Waals surface area contributed by atoms with E-state index in [9.17, 15) is 18.0 Å². The smallest absolute Gasteiger partial charge is 0.396 e. The largest absolute Gasteiger partial charge is 0.404 e. The van der Waals surface area contributed by atoms with Gasteiger partial charge in [-0.25, -0.2) is 0 Å². The molecule has 0 aromatic rings. The molecule has 0 radical (unpaired) electrons. The Hall–Kier alpha value is -1.00. The van der Waals surface area contributed by atoms with E-state index in [1.807, 2.05) is 0 Å². The molecule has 0 aromatic carbocycles. The number of nitrogens with two attached hydrogens (primary N) is 1. The number of alkyl halides is 3. The van der Waals surface area contributed by atoms with E-state index < -0.39 is 18.4 Å². The second-order valence-electron chi connectivity index (χ2n) is 1.62. The lowest BCUT2D eigenvalue weighted by molar-refractivity contribution is -0.148. The molecule has 2 N–H and O–H groups in total. The molecule has 0 heterocycles. The number of hydrogen-bond acceptors (Lipinski definition) is 2. The Bertz CT molecular complexity index is 149. The molecule has 0 saturated carbocycles. The van der Waals surface area contributed by atoms with Gasteiger partial charge >= 0.3 is 6.18 Å². The van der Waals surface area contributed by atoms with Crippen LogP contribution in [-0.4, -0.2) is 12.0 Å². The first kappa shape index (κ1) is 9.00. The van der Waals surface area contributed by atoms with Crippen LogP contribution in [0.2, 0.25) is 0 Å². The average molecular weight is 153 g/mol. The molecule has 0 fully saturated rings. The van der Waals surface area contributed by atoms with Crippen LogP contribution in [0.3, 0.4) is 0 Å². The summed E-state index contributed by atoms with van der Waals surface area (Å²) in [7, 11) is 0. The topological polar surface area (TPSA) is 43.1 Å². The lowest BCUT2D eigenvalue weighted by atomic mass is 10.3. The monoisotopic (exact) mass is 153 g/mol. The molecule has 10 heavy (non-hydrogen) atoms. The highest BCUT2D eigenvalue weighted by Gasteiger charge is 2.29. The van der Waals surface area contributed by atoms with Crippen molar-refractivity contribution >= 4 is 5.78 Å². The fourth-order valence-electron chi connectivity index (χ4n) is 0.364. The Morgan fingerprint density at radius 3 is 2.30 bits per heavy atom. The van der Waals surface area contributed by atoms with Crippen LogP contribution >= 0.6 is 0 Å². The Labute approximate surface area is 55.5 Å². The number of allylic oxidation sites excluding steroid dienone is 1. The molecule has 5 heteroatoms. The Morgan fingerprint density at radius 1 is 1.50 bits per heavy atom. The Balaban J connectivity index is 3.81. The molecule has 0 saturated heterocycles. The van der Waals surface area contributed by atoms with Gasteiger partial charge in [0.25, 0.3) is 0 Å². The van der Waals surface area contributed by atoms with Crippen LogP contribution in [0.1, 0.15) is 6.42 Å². The number of carbonyl (C=O) groups is 1. The number of carbonyl (C=O) groups excluding carboxylic acids is 1. The third-order valence-electron chi connectivity index (χ3n) is 0.657. The maximum atomic E-state index is 11.3. The number of hydrogen-bond donors (Lipinski definition) is 1. The summed E-state index contributed by atoms with van der Waals surface area (Å²) >= 11 is 0. The quantitative estimate of drug-likeness (QED) is 0.601. The van der Waals surface area contributed by atoms with Gasteiger partial charge in [0.05, 0.1) is 0 Å². The van der Waals surface area contributed by atoms with Crippen LogP contribution in [-0.2, 0) is 4.79 Å². The summed E-state index contributed by atoms with van der Waals surface area (Å²) in [6.07, 6.45) is -4.40. The van der Waals surface area contributed by atoms with Gasteiger partial charge in [-0.05, 0) is 12.3 Å². The van der Waals surface area contributed by atoms with Crippen molar-refractivity contribution < 1.29 is 18.0 Å². The second-order valence-corrected chi connectivity index (χ2v) is 1.62. The summed E-state index contributed by atoms with van der Waals surface area (Å²) in [5.41, 5.74) is 4.68. The molecular weight excluding hydrogens is 147 g/mol. The van der Waals surface area contributed by atoms with Crippen molar-refractivity contribution in [3.05, 3.63) is 12.3 Å². The highest BCUT2D eigenvalue weighted by atomic mass is 19.4. The molecule has 0 spiro atoms. The van der Waals surface area contributed by atoms with Gasteiger partial charge in [0.15, 0.2) is 5.78 Å². The van der Waals surface area contributed by atoms with Crippen LogP contribution in [0.15, 0.2) is 12.3 Å². The number of rotatable bonds is 2. The van der Waals surface area contributed by atoms with E-state index >= 15 is 0 Å². The molecule has 0 unspecified atom stereocenters. The molecule has 0 rings (SSSR count). The predicted molar refractivity (Wildman–Crippen MR) is 29.0 cm³/mol. The van der Waals surface area contributed by atoms with Gasteiger partial charge in [-0.1, -0.05) is 0 Å². The van der Waals surface area contributed by atoms with Crippen molar-refractivity contribution in [3.8, 4) is 0 Å². The third kappa shape index (κ3) is 5.14. The van der Waals surface area contributed by atoms with E-state index in [1.165, 1.54) is 0 Å². The fraction of sp³-hybridized carbons (Fsp3) is 0.400. The third-order valence-corrected chi connectivity index (χ3v) is 0.657. The van der Waals surface area contributed by atoms with Crippen molar-refractivity contribution in [3.63, 3.8) is 0 Å². The molecule has 0 atom stereocenters. The van der Waals surface area contributed by atoms with Crippen molar-refractivity contribution in [1.82, 2.24) is 0 Å². The van der Waals surface area contributed by atoms with E-state index in [4.69, 9.17) is 0 Å². The zero-order valence-corrected chi connectivity index (χ0v) is 4.98. The first-order chi connectivity index (χ1) is 4.45. The van der Waals surface area contributed by atoms with E-state index in [-0.39, 0.29) is 0 Å². The van der Waals surface area contributed by atoms with Crippen molar-refractivity contribution in [2.24, 2.45) is 5.73 Å². The normalized spacial score (nSPS) is 12.3. The SMILES string of the molecule is NC=CC(=O)CC(F)(F)F. The first-order valence-electron chi connectivity index (χ1n) is 2.43. The molecule has 0 aliphatic rings. The Kier molecular flexibility index (Phi) is 2.92. The van der Waals surface area contributed by atoms with E-state index in [2.05, 4.69) is 5.73 Å². The maximum Gasteiger partial charge on any atom is 0.396 e. The van der Waals surface area contributed by atoms with Gasteiger partial charge in [-0.15, -0.1) is 0 Å². The van der Waals surface area contributed by atoms with Crippen molar-refractivity contribution in [1.29, 1.82) is 0 Å². The summed E-state index contributed by atoms with van der Waals surface area (Å²) in [4.78, 5) is 10.2. The van der Waals surface area contributed by atoms with E-state index in [1.54, 1.807) is 0 Å². The molecule has 0 aliphatic carbocycles. The average Bonchev–Trinajstić information content (AvgIpc) is 1.59. The fourth-order valence-corrected chi connectivity index (χ4v) is 0.364. The van der Waals surface area contributed by atoms with E-state index in [0.29, 0.717) is 6.08 Å². The first-order valence-corrected chi connectivity index (χ1v) is 2.43. The highest BCUT2D eigenvalue weighted by molar-refractivity contribution is 5.89. The number of halogens is 3. The summed E-state index contributed by atoms with van der Waals surface area (Å²) in [6.45, 7) is 0. The molecule has 0 aromatic heterocycles. The summed E-state index contributed by atoms with van der Waals surface area (Å²) in [6, 6.07) is 0. The minimum absolute atomic E-state index is 0.688. The predicted octanol–water partition coefficient (Wildman–Crippen LogP) is 0.980. The van der Waals surface area contributed by atoms with Crippen LogP contribution in [0.4, 0.5) is 13.2 Å². The van der Waals surface area contributed by atoms with Gasteiger partial charge in [0, 0.05) is 0 Å². The van der Waals surface area contributed by atoms with Crippen LogP contribution < -0.4 is 5.73 Å². The summed E-state index contributed by atoms with van der Waals surface area (Å²) < 4.78 is 34.0. The summed E-state index contributed by atoms with van der Waals surface area (Å²) in [5, 5.41) is 0. The van der Waals surface area contributed by atoms with Crippen molar-refractivity contribution in [2.45, 2.75) is 12.6 Å². The molecule has 0 aliphatic heterocycles. The zero-order valence-electron chi connectivity index (χ0n) is 4.98. The summed E-state index contributed by atoms with van der Waals surface area (Å²) in [5.74, 6) is -1.03. The van der Waals surface area contributed by atoms with Crippen molar-refractivity contribution in [2.75, 3.05) is 0 Å². The van der Waals surface area contributed by atoms with Gasteiger partial charge in [0.1, 0.15) is 6.42 Å². The minimum Gasteiger partial charge on any atom is -0.404 e. The molecule has 0 amide bonds. The molecule has 0 bridgehead atoms. The van der Waals surface area contributed by atoms with Gasteiger partial charge < -0.3 is 5.73 Å². The lowest BCUT2D eigenvalue weighted by Gasteiger charge is -2.00.